The Morgan fingerprint density at radius 3 is 2.55 bits per heavy atom. The molecule has 0 aliphatic carbocycles. The zero-order chi connectivity index (χ0) is 27.3. The second-order valence-electron chi connectivity index (χ2n) is 10.1. The average Bonchev–Trinajstić information content (AvgIpc) is 3.64. The molecule has 1 N–H and O–H groups in total. The van der Waals surface area contributed by atoms with E-state index in [2.05, 4.69) is 5.32 Å². The van der Waals surface area contributed by atoms with Crippen molar-refractivity contribution in [1.82, 2.24) is 5.32 Å². The van der Waals surface area contributed by atoms with Gasteiger partial charge in [0, 0.05) is 34.4 Å². The van der Waals surface area contributed by atoms with Gasteiger partial charge in [-0.2, -0.15) is 0 Å². The van der Waals surface area contributed by atoms with E-state index in [1.54, 1.807) is 17.0 Å². The smallest absolute Gasteiger partial charge is 0.251 e. The highest BCUT2D eigenvalue weighted by Gasteiger charge is 2.57. The Kier molecular flexibility index (Phi) is 5.90. The highest BCUT2D eigenvalue weighted by molar-refractivity contribution is 6.30. The van der Waals surface area contributed by atoms with Crippen LogP contribution in [0.15, 0.2) is 84.9 Å². The van der Waals surface area contributed by atoms with Crippen LogP contribution in [-0.2, 0) is 23.2 Å². The van der Waals surface area contributed by atoms with Crippen LogP contribution in [0.1, 0.15) is 32.6 Å². The summed E-state index contributed by atoms with van der Waals surface area (Å²) in [5, 5.41) is 3.69. The van der Waals surface area contributed by atoms with Crippen molar-refractivity contribution in [2.75, 3.05) is 24.8 Å². The fourth-order valence-corrected chi connectivity index (χ4v) is 6.09. The summed E-state index contributed by atoms with van der Waals surface area (Å²) in [5.41, 5.74) is 3.79. The maximum atomic E-state index is 14.4. The van der Waals surface area contributed by atoms with Crippen LogP contribution >= 0.6 is 11.6 Å². The minimum Gasteiger partial charge on any atom is -0.491 e. The number of carbonyl (C=O) groups excluding carboxylic acids is 2. The summed E-state index contributed by atoms with van der Waals surface area (Å²) in [6, 6.07) is 26.4. The van der Waals surface area contributed by atoms with E-state index in [0.717, 1.165) is 27.9 Å². The molecule has 2 amide bonds. The predicted octanol–water partition coefficient (Wildman–Crippen LogP) is 5.27. The van der Waals surface area contributed by atoms with Crippen molar-refractivity contribution in [3.05, 3.63) is 118 Å². The van der Waals surface area contributed by atoms with Crippen LogP contribution in [0.5, 0.6) is 17.2 Å². The molecule has 7 rings (SSSR count). The van der Waals surface area contributed by atoms with E-state index in [4.69, 9.17) is 25.8 Å². The Balaban J connectivity index is 1.17. The number of rotatable bonds is 6. The lowest BCUT2D eigenvalue weighted by molar-refractivity contribution is -0.122. The van der Waals surface area contributed by atoms with E-state index < -0.39 is 5.41 Å². The number of nitrogens with one attached hydrogen (secondary N) is 1. The molecule has 4 aromatic rings. The molecule has 0 saturated carbocycles. The van der Waals surface area contributed by atoms with Gasteiger partial charge in [0.05, 0.1) is 6.54 Å². The lowest BCUT2D eigenvalue weighted by Crippen LogP contribution is -2.42. The van der Waals surface area contributed by atoms with E-state index in [0.29, 0.717) is 40.8 Å². The third-order valence-electron chi connectivity index (χ3n) is 7.82. The maximum absolute atomic E-state index is 14.4. The first kappa shape index (κ1) is 24.5. The van der Waals surface area contributed by atoms with Crippen LogP contribution in [0.3, 0.4) is 0 Å². The lowest BCUT2D eigenvalue weighted by atomic mass is 9.77. The van der Waals surface area contributed by atoms with Gasteiger partial charge >= 0.3 is 0 Å². The monoisotopic (exact) mass is 552 g/mol. The van der Waals surface area contributed by atoms with Gasteiger partial charge in [0.2, 0.25) is 12.7 Å². The predicted molar refractivity (Wildman–Crippen MR) is 150 cm³/mol. The largest absolute Gasteiger partial charge is 0.491 e. The normalized spacial score (nSPS) is 18.0. The standard InChI is InChI=1S/C32H25ClN2O5/c33-22-8-5-6-20(14-22)12-13-34-30(36)23-9-2-1-7-21(23)17-35-26-11-4-3-10-24(26)32(31(35)37)18-38-27-16-29-28(15-25(27)32)39-19-40-29/h1-11,14-16H,12-13,17-19H2,(H,34,36). The molecule has 1 unspecified atom stereocenters. The van der Waals surface area contributed by atoms with E-state index in [1.165, 1.54) is 0 Å². The molecule has 0 aromatic heterocycles. The molecule has 7 nitrogen and oxygen atoms in total. The van der Waals surface area contributed by atoms with Crippen LogP contribution in [0.25, 0.3) is 0 Å². The highest BCUT2D eigenvalue weighted by atomic mass is 35.5. The fourth-order valence-electron chi connectivity index (χ4n) is 5.88. The molecule has 40 heavy (non-hydrogen) atoms. The summed E-state index contributed by atoms with van der Waals surface area (Å²) in [5.74, 6) is 1.56. The third-order valence-corrected chi connectivity index (χ3v) is 8.06. The SMILES string of the molecule is O=C(NCCc1cccc(Cl)c1)c1ccccc1CN1C(=O)C2(COc3cc4c(cc32)OCO4)c2ccccc21. The summed E-state index contributed by atoms with van der Waals surface area (Å²) in [6.45, 7) is 1.03. The average molecular weight is 553 g/mol. The van der Waals surface area contributed by atoms with Crippen LogP contribution in [0.2, 0.25) is 5.02 Å². The number of nitrogens with zero attached hydrogens (tertiary/aromatic N) is 1. The number of amides is 2. The number of hydrogen-bond donors (Lipinski definition) is 1. The molecule has 0 bridgehead atoms. The molecule has 0 saturated heterocycles. The molecule has 8 heteroatoms. The third kappa shape index (κ3) is 3.88. The Hall–Kier alpha value is -4.49. The van der Waals surface area contributed by atoms with Crippen molar-refractivity contribution in [3.63, 3.8) is 0 Å². The quantitative estimate of drug-likeness (QED) is 0.353. The molecule has 3 aliphatic rings. The van der Waals surface area contributed by atoms with E-state index in [-0.39, 0.29) is 31.8 Å². The van der Waals surface area contributed by atoms with E-state index >= 15 is 0 Å². The summed E-state index contributed by atoms with van der Waals surface area (Å²) in [7, 11) is 0. The minimum absolute atomic E-state index is 0.0949. The first-order chi connectivity index (χ1) is 19.5. The number of carbonyl (C=O) groups is 2. The first-order valence-electron chi connectivity index (χ1n) is 13.1. The molecule has 1 atom stereocenters. The van der Waals surface area contributed by atoms with Gasteiger partial charge in [0.1, 0.15) is 17.8 Å². The van der Waals surface area contributed by atoms with Gasteiger partial charge in [-0.1, -0.05) is 60.1 Å². The van der Waals surface area contributed by atoms with Crippen LogP contribution in [0, 0.1) is 0 Å². The van der Waals surface area contributed by atoms with Gasteiger partial charge in [0.25, 0.3) is 5.91 Å². The Bertz CT molecular complexity index is 1670. The lowest BCUT2D eigenvalue weighted by Gasteiger charge is -2.24. The molecule has 0 radical (unpaired) electrons. The van der Waals surface area contributed by atoms with Gasteiger partial charge < -0.3 is 24.4 Å². The number of para-hydroxylation sites is 1. The summed E-state index contributed by atoms with van der Waals surface area (Å²) in [4.78, 5) is 29.4. The number of benzene rings is 4. The number of hydrogen-bond acceptors (Lipinski definition) is 5. The van der Waals surface area contributed by atoms with E-state index in [1.807, 2.05) is 72.8 Å². The minimum atomic E-state index is -0.999. The van der Waals surface area contributed by atoms with Crippen LogP contribution in [0.4, 0.5) is 5.69 Å². The molecule has 4 aromatic carbocycles. The van der Waals surface area contributed by atoms with Crippen molar-refractivity contribution >= 4 is 29.1 Å². The van der Waals surface area contributed by atoms with Crippen LogP contribution in [-0.4, -0.2) is 31.8 Å². The number of fused-ring (bicyclic) bond motifs is 5. The molecule has 200 valence electrons. The molecule has 0 fully saturated rings. The van der Waals surface area contributed by atoms with Crippen molar-refractivity contribution < 1.29 is 23.8 Å². The first-order valence-corrected chi connectivity index (χ1v) is 13.5. The number of halogens is 1. The topological polar surface area (TPSA) is 77.1 Å². The van der Waals surface area contributed by atoms with Crippen molar-refractivity contribution in [2.24, 2.45) is 0 Å². The van der Waals surface area contributed by atoms with E-state index in [9.17, 15) is 9.59 Å². The maximum Gasteiger partial charge on any atom is 0.251 e. The number of ether oxygens (including phenoxy) is 3. The van der Waals surface area contributed by atoms with Gasteiger partial charge in [-0.15, -0.1) is 0 Å². The van der Waals surface area contributed by atoms with Crippen molar-refractivity contribution in [3.8, 4) is 17.2 Å². The molecule has 3 aliphatic heterocycles. The summed E-state index contributed by atoms with van der Waals surface area (Å²) in [6.07, 6.45) is 0.660. The Morgan fingerprint density at radius 1 is 0.875 bits per heavy atom. The van der Waals surface area contributed by atoms with Crippen molar-refractivity contribution in [1.29, 1.82) is 0 Å². The van der Waals surface area contributed by atoms with Gasteiger partial charge in [0.15, 0.2) is 11.5 Å². The van der Waals surface area contributed by atoms with Gasteiger partial charge in [-0.05, 0) is 53.4 Å². The Morgan fingerprint density at radius 2 is 1.68 bits per heavy atom. The van der Waals surface area contributed by atoms with Crippen LogP contribution < -0.4 is 24.4 Å². The second-order valence-corrected chi connectivity index (χ2v) is 10.5. The molecule has 1 spiro atoms. The molecular formula is C32H25ClN2O5. The van der Waals surface area contributed by atoms with Gasteiger partial charge in [-0.3, -0.25) is 9.59 Å². The highest BCUT2D eigenvalue weighted by Crippen LogP contribution is 2.55. The van der Waals surface area contributed by atoms with Crippen molar-refractivity contribution in [2.45, 2.75) is 18.4 Å². The molecule has 3 heterocycles. The molecular weight excluding hydrogens is 528 g/mol. The summed E-state index contributed by atoms with van der Waals surface area (Å²) >= 11 is 6.09. The zero-order valence-electron chi connectivity index (χ0n) is 21.5. The fraction of sp³-hybridized carbons (Fsp3) is 0.188. The summed E-state index contributed by atoms with van der Waals surface area (Å²) < 4.78 is 17.2. The zero-order valence-corrected chi connectivity index (χ0v) is 22.2. The second kappa shape index (κ2) is 9.61. The van der Waals surface area contributed by atoms with Gasteiger partial charge in [-0.25, -0.2) is 0 Å². The number of anilines is 1. The Labute approximate surface area is 236 Å².